The van der Waals surface area contributed by atoms with E-state index in [9.17, 15) is 0 Å². The van der Waals surface area contributed by atoms with E-state index in [4.69, 9.17) is 9.47 Å². The number of nitrogens with zero attached hydrogens (tertiary/aromatic N) is 1. The molecule has 0 N–H and O–H groups in total. The Morgan fingerprint density at radius 2 is 2.06 bits per heavy atom. The third kappa shape index (κ3) is 3.16. The molecule has 1 heterocycles. The highest BCUT2D eigenvalue weighted by Crippen LogP contribution is 2.25. The second kappa shape index (κ2) is 5.60. The maximum Gasteiger partial charge on any atom is 0.278 e. The van der Waals surface area contributed by atoms with Gasteiger partial charge in [0.2, 0.25) is 0 Å². The van der Waals surface area contributed by atoms with Crippen molar-refractivity contribution in [3.8, 4) is 10.9 Å². The zero-order valence-corrected chi connectivity index (χ0v) is 11.6. The Balaban J connectivity index is 2.05. The number of benzene rings is 1. The van der Waals surface area contributed by atoms with Crippen LogP contribution in [0.15, 0.2) is 29.6 Å². The first-order valence-corrected chi connectivity index (χ1v) is 6.60. The summed E-state index contributed by atoms with van der Waals surface area (Å²) in [4.78, 5) is 4.29. The number of aromatic nitrogens is 1. The van der Waals surface area contributed by atoms with E-state index in [0.29, 0.717) is 11.8 Å². The van der Waals surface area contributed by atoms with Crippen molar-refractivity contribution < 1.29 is 9.47 Å². The normalized spacial score (nSPS) is 10.4. The van der Waals surface area contributed by atoms with E-state index >= 15 is 0 Å². The molecule has 84 valence electrons. The summed E-state index contributed by atoms with van der Waals surface area (Å²) in [6.45, 7) is 0.520. The van der Waals surface area contributed by atoms with E-state index in [1.807, 2.05) is 29.6 Å². The van der Waals surface area contributed by atoms with Gasteiger partial charge in [0.05, 0.1) is 12.3 Å². The van der Waals surface area contributed by atoms with E-state index in [2.05, 4.69) is 27.6 Å². The summed E-state index contributed by atoms with van der Waals surface area (Å²) in [6.07, 6.45) is 0. The molecule has 0 radical (unpaired) electrons. The molecule has 0 saturated heterocycles. The van der Waals surface area contributed by atoms with Crippen LogP contribution in [0.3, 0.4) is 0 Å². The third-order valence-electron chi connectivity index (χ3n) is 1.84. The largest absolute Gasteiger partial charge is 0.431 e. The van der Waals surface area contributed by atoms with Gasteiger partial charge in [-0.25, -0.2) is 4.98 Å². The Kier molecular flexibility index (Phi) is 4.14. The monoisotopic (exact) mass is 347 g/mol. The van der Waals surface area contributed by atoms with Gasteiger partial charge in [-0.05, 0) is 46.9 Å². The molecule has 0 aliphatic carbocycles. The van der Waals surface area contributed by atoms with Crippen LogP contribution >= 0.6 is 33.9 Å². The van der Waals surface area contributed by atoms with Crippen LogP contribution in [0, 0.1) is 3.57 Å². The van der Waals surface area contributed by atoms with Gasteiger partial charge >= 0.3 is 0 Å². The van der Waals surface area contributed by atoms with Crippen molar-refractivity contribution in [3.05, 3.63) is 38.9 Å². The molecule has 0 saturated carbocycles. The average Bonchev–Trinajstić information content (AvgIpc) is 2.70. The van der Waals surface area contributed by atoms with Crippen molar-refractivity contribution in [2.45, 2.75) is 6.61 Å². The van der Waals surface area contributed by atoms with Gasteiger partial charge in [-0.2, -0.15) is 0 Å². The minimum Gasteiger partial charge on any atom is -0.431 e. The molecule has 2 rings (SSSR count). The molecule has 3 nitrogen and oxygen atoms in total. The van der Waals surface area contributed by atoms with Crippen LogP contribution in [-0.2, 0) is 11.3 Å². The van der Waals surface area contributed by atoms with Crippen LogP contribution in [0.1, 0.15) is 5.69 Å². The van der Waals surface area contributed by atoms with E-state index in [-0.39, 0.29) is 0 Å². The van der Waals surface area contributed by atoms with E-state index in [1.54, 1.807) is 7.11 Å². The lowest BCUT2D eigenvalue weighted by atomic mass is 10.3. The molecule has 0 bridgehead atoms. The quantitative estimate of drug-likeness (QED) is 0.791. The second-order valence-electron chi connectivity index (χ2n) is 3.09. The highest BCUT2D eigenvalue weighted by molar-refractivity contribution is 14.1. The first-order chi connectivity index (χ1) is 7.78. The van der Waals surface area contributed by atoms with Gasteiger partial charge in [-0.1, -0.05) is 11.3 Å². The second-order valence-corrected chi connectivity index (χ2v) is 5.16. The maximum atomic E-state index is 5.61. The molecule has 0 amide bonds. The van der Waals surface area contributed by atoms with E-state index in [1.165, 1.54) is 14.9 Å². The summed E-state index contributed by atoms with van der Waals surface area (Å²) < 4.78 is 11.8. The molecule has 1 aromatic heterocycles. The zero-order chi connectivity index (χ0) is 11.4. The smallest absolute Gasteiger partial charge is 0.278 e. The van der Waals surface area contributed by atoms with Gasteiger partial charge < -0.3 is 9.47 Å². The Bertz CT molecular complexity index is 455. The molecular weight excluding hydrogens is 337 g/mol. The molecule has 0 atom stereocenters. The molecule has 1 aromatic carbocycles. The van der Waals surface area contributed by atoms with Crippen LogP contribution in [-0.4, -0.2) is 12.1 Å². The van der Waals surface area contributed by atoms with Crippen molar-refractivity contribution in [1.29, 1.82) is 0 Å². The number of hydrogen-bond acceptors (Lipinski definition) is 4. The van der Waals surface area contributed by atoms with Crippen molar-refractivity contribution in [2.24, 2.45) is 0 Å². The van der Waals surface area contributed by atoms with Crippen molar-refractivity contribution in [2.75, 3.05) is 7.11 Å². The zero-order valence-electron chi connectivity index (χ0n) is 8.64. The summed E-state index contributed by atoms with van der Waals surface area (Å²) in [5.41, 5.74) is 0.896. The molecule has 0 unspecified atom stereocenters. The first kappa shape index (κ1) is 11.8. The van der Waals surface area contributed by atoms with Crippen LogP contribution in [0.2, 0.25) is 0 Å². The van der Waals surface area contributed by atoms with Gasteiger partial charge in [-0.15, -0.1) is 0 Å². The maximum absolute atomic E-state index is 5.61. The standard InChI is InChI=1S/C11H10INO2S/c1-14-6-9-7-16-11(13-9)15-10-4-2-8(12)3-5-10/h2-5,7H,6H2,1H3. The molecule has 5 heteroatoms. The van der Waals surface area contributed by atoms with E-state index < -0.39 is 0 Å². The Morgan fingerprint density at radius 3 is 2.75 bits per heavy atom. The SMILES string of the molecule is COCc1csc(Oc2ccc(I)cc2)n1. The van der Waals surface area contributed by atoms with Crippen LogP contribution < -0.4 is 4.74 Å². The highest BCUT2D eigenvalue weighted by Gasteiger charge is 2.03. The lowest BCUT2D eigenvalue weighted by Gasteiger charge is -2.00. The molecule has 2 aromatic rings. The molecule has 16 heavy (non-hydrogen) atoms. The number of halogens is 1. The topological polar surface area (TPSA) is 31.4 Å². The van der Waals surface area contributed by atoms with Gasteiger partial charge in [0, 0.05) is 16.1 Å². The number of methoxy groups -OCH3 is 1. The predicted octanol–water partition coefficient (Wildman–Crippen LogP) is 3.69. The molecule has 0 fully saturated rings. The molecular formula is C11H10INO2S. The Morgan fingerprint density at radius 1 is 1.31 bits per heavy atom. The average molecular weight is 347 g/mol. The highest BCUT2D eigenvalue weighted by atomic mass is 127. The summed E-state index contributed by atoms with van der Waals surface area (Å²) in [6, 6.07) is 7.86. The fraction of sp³-hybridized carbons (Fsp3) is 0.182. The van der Waals surface area contributed by atoms with Crippen LogP contribution in [0.25, 0.3) is 0 Å². The number of rotatable bonds is 4. The Labute approximate surface area is 112 Å². The molecule has 0 aliphatic rings. The minimum atomic E-state index is 0.520. The summed E-state index contributed by atoms with van der Waals surface area (Å²) in [7, 11) is 1.65. The first-order valence-electron chi connectivity index (χ1n) is 4.64. The fourth-order valence-corrected chi connectivity index (χ4v) is 2.18. The number of ether oxygens (including phenoxy) is 2. The van der Waals surface area contributed by atoms with Crippen LogP contribution in [0.4, 0.5) is 0 Å². The fourth-order valence-electron chi connectivity index (χ4n) is 1.15. The molecule has 0 aliphatic heterocycles. The van der Waals surface area contributed by atoms with Gasteiger partial charge in [0.15, 0.2) is 0 Å². The summed E-state index contributed by atoms with van der Waals surface area (Å²) >= 11 is 3.73. The van der Waals surface area contributed by atoms with Crippen molar-refractivity contribution in [1.82, 2.24) is 4.98 Å². The van der Waals surface area contributed by atoms with Gasteiger partial charge in [-0.3, -0.25) is 0 Å². The number of hydrogen-bond donors (Lipinski definition) is 0. The lowest BCUT2D eigenvalue weighted by Crippen LogP contribution is -1.88. The predicted molar refractivity (Wildman–Crippen MR) is 72.1 cm³/mol. The van der Waals surface area contributed by atoms with Crippen molar-refractivity contribution >= 4 is 33.9 Å². The third-order valence-corrected chi connectivity index (χ3v) is 3.33. The summed E-state index contributed by atoms with van der Waals surface area (Å²) in [5.74, 6) is 0.804. The van der Waals surface area contributed by atoms with Gasteiger partial charge in [0.1, 0.15) is 5.75 Å². The minimum absolute atomic E-state index is 0.520. The molecule has 0 spiro atoms. The van der Waals surface area contributed by atoms with Gasteiger partial charge in [0.25, 0.3) is 5.19 Å². The lowest BCUT2D eigenvalue weighted by molar-refractivity contribution is 0.181. The van der Waals surface area contributed by atoms with E-state index in [0.717, 1.165) is 11.4 Å². The number of thiazole rings is 1. The Hall–Kier alpha value is -0.660. The van der Waals surface area contributed by atoms with Crippen molar-refractivity contribution in [3.63, 3.8) is 0 Å². The van der Waals surface area contributed by atoms with Crippen LogP contribution in [0.5, 0.6) is 10.9 Å². The summed E-state index contributed by atoms with van der Waals surface area (Å²) in [5, 5.41) is 2.58.